The lowest BCUT2D eigenvalue weighted by Gasteiger charge is -2.37. The van der Waals surface area contributed by atoms with E-state index in [4.69, 9.17) is 5.73 Å². The van der Waals surface area contributed by atoms with Crippen molar-refractivity contribution in [1.29, 1.82) is 0 Å². The highest BCUT2D eigenvalue weighted by Crippen LogP contribution is 2.12. The van der Waals surface area contributed by atoms with Crippen LogP contribution in [0.25, 0.3) is 0 Å². The maximum atomic E-state index is 12.1. The van der Waals surface area contributed by atoms with Crippen LogP contribution in [0.2, 0.25) is 0 Å². The van der Waals surface area contributed by atoms with Gasteiger partial charge in [-0.1, -0.05) is 13.3 Å². The second-order valence-corrected chi connectivity index (χ2v) is 6.18. The van der Waals surface area contributed by atoms with Gasteiger partial charge in [0.25, 0.3) is 0 Å². The summed E-state index contributed by atoms with van der Waals surface area (Å²) in [5.74, 6) is 0.530. The fourth-order valence-electron chi connectivity index (χ4n) is 2.47. The molecule has 1 saturated heterocycles. The topological polar surface area (TPSA) is 69.8 Å². The molecule has 5 heteroatoms. The van der Waals surface area contributed by atoms with Gasteiger partial charge >= 0.3 is 0 Å². The number of hydrogen-bond acceptors (Lipinski definition) is 4. The minimum absolute atomic E-state index is 0.222. The Morgan fingerprint density at radius 3 is 2.32 bits per heavy atom. The zero-order chi connectivity index (χ0) is 14.5. The van der Waals surface area contributed by atoms with Gasteiger partial charge in [-0.2, -0.15) is 0 Å². The summed E-state index contributed by atoms with van der Waals surface area (Å²) in [6.45, 7) is 10.2. The Labute approximate surface area is 116 Å². The predicted octanol–water partition coefficient (Wildman–Crippen LogP) is 0.277. The van der Waals surface area contributed by atoms with Crippen molar-refractivity contribution in [2.24, 2.45) is 11.7 Å². The Morgan fingerprint density at radius 1 is 1.32 bits per heavy atom. The number of β-amino-alcohol motifs (C(OH)–C–C–N with tert-alkyl or cyclic N) is 1. The minimum atomic E-state index is -0.668. The van der Waals surface area contributed by atoms with Crippen molar-refractivity contribution in [1.82, 2.24) is 9.80 Å². The second-order valence-electron chi connectivity index (χ2n) is 6.18. The average Bonchev–Trinajstić information content (AvgIpc) is 2.34. The summed E-state index contributed by atoms with van der Waals surface area (Å²) < 4.78 is 0. The number of carbonyl (C=O) groups is 1. The van der Waals surface area contributed by atoms with Gasteiger partial charge in [-0.3, -0.25) is 9.69 Å². The van der Waals surface area contributed by atoms with E-state index in [0.29, 0.717) is 25.4 Å². The number of nitrogens with zero attached hydrogens (tertiary/aromatic N) is 2. The fourth-order valence-corrected chi connectivity index (χ4v) is 2.47. The van der Waals surface area contributed by atoms with Crippen LogP contribution in [0.4, 0.5) is 0 Å². The Balaban J connectivity index is 2.35. The molecule has 5 nitrogen and oxygen atoms in total. The molecule has 1 amide bonds. The highest BCUT2D eigenvalue weighted by Gasteiger charge is 2.25. The molecular formula is C14H29N3O2. The monoisotopic (exact) mass is 271 g/mol. The van der Waals surface area contributed by atoms with Gasteiger partial charge in [0.2, 0.25) is 5.91 Å². The molecule has 0 spiro atoms. The Bertz CT molecular complexity index is 277. The van der Waals surface area contributed by atoms with Gasteiger partial charge in [0, 0.05) is 39.1 Å². The van der Waals surface area contributed by atoms with E-state index in [1.54, 1.807) is 0 Å². The van der Waals surface area contributed by atoms with E-state index in [0.717, 1.165) is 32.6 Å². The lowest BCUT2D eigenvalue weighted by molar-refractivity contribution is -0.134. The fraction of sp³-hybridized carbons (Fsp3) is 0.929. The smallest absolute Gasteiger partial charge is 0.222 e. The van der Waals surface area contributed by atoms with Gasteiger partial charge in [-0.15, -0.1) is 0 Å². The van der Waals surface area contributed by atoms with E-state index in [1.807, 2.05) is 18.7 Å². The maximum Gasteiger partial charge on any atom is 0.222 e. The standard InChI is InChI=1S/C14H29N3O2/c1-4-12(10-15)9-13(18)17-7-5-16(6-8-17)11-14(2,3)19/h12,19H,4-11,15H2,1-3H3. The van der Waals surface area contributed by atoms with Gasteiger partial charge < -0.3 is 15.7 Å². The van der Waals surface area contributed by atoms with E-state index in [1.165, 1.54) is 0 Å². The van der Waals surface area contributed by atoms with Gasteiger partial charge in [0.1, 0.15) is 0 Å². The molecule has 1 aliphatic rings. The predicted molar refractivity (Wildman–Crippen MR) is 76.8 cm³/mol. The van der Waals surface area contributed by atoms with Crippen LogP contribution in [0.1, 0.15) is 33.6 Å². The molecule has 0 radical (unpaired) electrons. The summed E-state index contributed by atoms with van der Waals surface area (Å²) >= 11 is 0. The molecule has 1 unspecified atom stereocenters. The van der Waals surface area contributed by atoms with Crippen molar-refractivity contribution in [3.05, 3.63) is 0 Å². The molecule has 0 saturated carbocycles. The van der Waals surface area contributed by atoms with Crippen molar-refractivity contribution in [2.45, 2.75) is 39.2 Å². The summed E-state index contributed by atoms with van der Waals surface area (Å²) in [5.41, 5.74) is 4.98. The Morgan fingerprint density at radius 2 is 1.89 bits per heavy atom. The van der Waals surface area contributed by atoms with E-state index in [2.05, 4.69) is 11.8 Å². The summed E-state index contributed by atoms with van der Waals surface area (Å²) in [7, 11) is 0. The van der Waals surface area contributed by atoms with Gasteiger partial charge in [-0.05, 0) is 26.3 Å². The van der Waals surface area contributed by atoms with Crippen LogP contribution >= 0.6 is 0 Å². The molecule has 112 valence electrons. The summed E-state index contributed by atoms with van der Waals surface area (Å²) in [6.07, 6.45) is 1.53. The SMILES string of the molecule is CCC(CN)CC(=O)N1CCN(CC(C)(C)O)CC1. The summed E-state index contributed by atoms with van der Waals surface area (Å²) in [5, 5.41) is 9.79. The lowest BCUT2D eigenvalue weighted by Crippen LogP contribution is -2.52. The van der Waals surface area contributed by atoms with E-state index in [9.17, 15) is 9.90 Å². The normalized spacial score (nSPS) is 19.5. The molecular weight excluding hydrogens is 242 g/mol. The Kier molecular flexibility index (Phi) is 6.23. The zero-order valence-corrected chi connectivity index (χ0v) is 12.6. The molecule has 0 aromatic heterocycles. The summed E-state index contributed by atoms with van der Waals surface area (Å²) in [6, 6.07) is 0. The molecule has 0 aromatic rings. The first kappa shape index (κ1) is 16.4. The molecule has 3 N–H and O–H groups in total. The van der Waals surface area contributed by atoms with Crippen molar-refractivity contribution in [2.75, 3.05) is 39.3 Å². The quantitative estimate of drug-likeness (QED) is 0.728. The van der Waals surface area contributed by atoms with Crippen molar-refractivity contribution < 1.29 is 9.90 Å². The number of piperazine rings is 1. The van der Waals surface area contributed by atoms with Crippen LogP contribution in [0, 0.1) is 5.92 Å². The largest absolute Gasteiger partial charge is 0.389 e. The highest BCUT2D eigenvalue weighted by molar-refractivity contribution is 5.76. The molecule has 1 rings (SSSR count). The third-order valence-corrected chi connectivity index (χ3v) is 3.71. The average molecular weight is 271 g/mol. The second kappa shape index (κ2) is 7.22. The molecule has 1 heterocycles. The van der Waals surface area contributed by atoms with Crippen LogP contribution < -0.4 is 5.73 Å². The van der Waals surface area contributed by atoms with Crippen LogP contribution in [-0.4, -0.2) is 65.7 Å². The van der Waals surface area contributed by atoms with E-state index < -0.39 is 5.60 Å². The number of nitrogens with two attached hydrogens (primary N) is 1. The third kappa shape index (κ3) is 5.89. The van der Waals surface area contributed by atoms with Gasteiger partial charge in [-0.25, -0.2) is 0 Å². The van der Waals surface area contributed by atoms with Crippen LogP contribution in [0.5, 0.6) is 0 Å². The number of rotatable bonds is 6. The first-order valence-electron chi connectivity index (χ1n) is 7.28. The number of aliphatic hydroxyl groups is 1. The minimum Gasteiger partial charge on any atom is -0.389 e. The highest BCUT2D eigenvalue weighted by atomic mass is 16.3. The zero-order valence-electron chi connectivity index (χ0n) is 12.6. The van der Waals surface area contributed by atoms with Gasteiger partial charge in [0.15, 0.2) is 0 Å². The van der Waals surface area contributed by atoms with Crippen LogP contribution in [0.3, 0.4) is 0 Å². The molecule has 0 aliphatic carbocycles. The lowest BCUT2D eigenvalue weighted by atomic mass is 10.0. The number of hydrogen-bond donors (Lipinski definition) is 2. The third-order valence-electron chi connectivity index (χ3n) is 3.71. The molecule has 1 atom stereocenters. The van der Waals surface area contributed by atoms with Crippen LogP contribution in [-0.2, 0) is 4.79 Å². The molecule has 19 heavy (non-hydrogen) atoms. The molecule has 0 bridgehead atoms. The van der Waals surface area contributed by atoms with Crippen molar-refractivity contribution in [3.63, 3.8) is 0 Å². The maximum absolute atomic E-state index is 12.1. The van der Waals surface area contributed by atoms with Gasteiger partial charge in [0.05, 0.1) is 5.60 Å². The molecule has 0 aromatic carbocycles. The van der Waals surface area contributed by atoms with E-state index in [-0.39, 0.29) is 5.91 Å². The van der Waals surface area contributed by atoms with Crippen LogP contribution in [0.15, 0.2) is 0 Å². The Hall–Kier alpha value is -0.650. The summed E-state index contributed by atoms with van der Waals surface area (Å²) in [4.78, 5) is 16.3. The van der Waals surface area contributed by atoms with Crippen molar-refractivity contribution in [3.8, 4) is 0 Å². The van der Waals surface area contributed by atoms with Crippen molar-refractivity contribution >= 4 is 5.91 Å². The molecule has 1 fully saturated rings. The first-order valence-corrected chi connectivity index (χ1v) is 7.28. The number of carbonyl (C=O) groups excluding carboxylic acids is 1. The number of amides is 1. The van der Waals surface area contributed by atoms with E-state index >= 15 is 0 Å². The first-order chi connectivity index (χ1) is 8.85. The molecule has 1 aliphatic heterocycles.